The van der Waals surface area contributed by atoms with E-state index in [0.717, 1.165) is 25.2 Å². The van der Waals surface area contributed by atoms with Gasteiger partial charge in [-0.2, -0.15) is 0 Å². The molecule has 0 atom stereocenters. The van der Waals surface area contributed by atoms with Crippen LogP contribution in [0, 0.1) is 5.92 Å². The average molecular weight is 360 g/mol. The molecule has 6 heteroatoms. The normalized spacial score (nSPS) is 20.4. The lowest BCUT2D eigenvalue weighted by molar-refractivity contribution is 0.0641. The number of hydrogen-bond donors (Lipinski definition) is 2. The second-order valence-corrected chi connectivity index (χ2v) is 8.36. The fourth-order valence-electron chi connectivity index (χ4n) is 4.50. The van der Waals surface area contributed by atoms with Crippen LogP contribution in [0.25, 0.3) is 0 Å². The minimum atomic E-state index is -0.132. The zero-order valence-corrected chi connectivity index (χ0v) is 16.3. The Morgan fingerprint density at radius 2 is 1.88 bits per heavy atom. The highest BCUT2D eigenvalue weighted by Gasteiger charge is 2.40. The SMILES string of the molecule is CC(C)Cc1cc(C(=O)NCC2(N3CCCCC3)CCCC2)nc(N)n1. The number of nitrogens with two attached hydrogens (primary N) is 1. The molecule has 1 aliphatic carbocycles. The molecule has 0 aromatic carbocycles. The number of piperidine rings is 1. The minimum Gasteiger partial charge on any atom is -0.368 e. The van der Waals surface area contributed by atoms with Crippen LogP contribution < -0.4 is 11.1 Å². The van der Waals surface area contributed by atoms with Gasteiger partial charge in [0.25, 0.3) is 5.91 Å². The summed E-state index contributed by atoms with van der Waals surface area (Å²) in [6.45, 7) is 7.28. The summed E-state index contributed by atoms with van der Waals surface area (Å²) in [5, 5.41) is 3.16. The number of carbonyl (C=O) groups is 1. The topological polar surface area (TPSA) is 84.1 Å². The second kappa shape index (κ2) is 8.33. The summed E-state index contributed by atoms with van der Waals surface area (Å²) in [6, 6.07) is 1.79. The monoisotopic (exact) mass is 359 g/mol. The Kier molecular flexibility index (Phi) is 6.12. The molecule has 0 unspecified atom stereocenters. The second-order valence-electron chi connectivity index (χ2n) is 8.36. The third kappa shape index (κ3) is 4.53. The average Bonchev–Trinajstić information content (AvgIpc) is 3.09. The molecule has 2 fully saturated rings. The summed E-state index contributed by atoms with van der Waals surface area (Å²) in [5.74, 6) is 0.508. The van der Waals surface area contributed by atoms with Gasteiger partial charge in [-0.25, -0.2) is 9.97 Å². The van der Waals surface area contributed by atoms with E-state index in [-0.39, 0.29) is 17.4 Å². The third-order valence-electron chi connectivity index (χ3n) is 5.79. The minimum absolute atomic E-state index is 0.132. The summed E-state index contributed by atoms with van der Waals surface area (Å²) in [6.07, 6.45) is 9.54. The first kappa shape index (κ1) is 19.1. The number of aromatic nitrogens is 2. The number of nitrogens with one attached hydrogen (secondary N) is 1. The van der Waals surface area contributed by atoms with Gasteiger partial charge in [-0.1, -0.05) is 33.1 Å². The summed E-state index contributed by atoms with van der Waals surface area (Å²) < 4.78 is 0. The number of nitrogen functional groups attached to an aromatic ring is 1. The molecule has 0 bridgehead atoms. The van der Waals surface area contributed by atoms with E-state index >= 15 is 0 Å². The van der Waals surface area contributed by atoms with Gasteiger partial charge in [-0.15, -0.1) is 0 Å². The first-order chi connectivity index (χ1) is 12.5. The van der Waals surface area contributed by atoms with Gasteiger partial charge in [0, 0.05) is 17.8 Å². The lowest BCUT2D eigenvalue weighted by atomic mass is 9.92. The Labute approximate surface area is 157 Å². The zero-order chi connectivity index (χ0) is 18.6. The molecular formula is C20H33N5O. The highest BCUT2D eigenvalue weighted by atomic mass is 16.1. The van der Waals surface area contributed by atoms with Gasteiger partial charge in [0.05, 0.1) is 0 Å². The summed E-state index contributed by atoms with van der Waals surface area (Å²) in [5.41, 5.74) is 7.18. The standard InChI is InChI=1S/C20H33N5O/c1-15(2)12-16-13-17(24-19(21)23-16)18(26)22-14-20(8-4-5-9-20)25-10-6-3-7-11-25/h13,15H,3-12,14H2,1-2H3,(H,22,26)(H2,21,23,24). The Balaban J connectivity index is 1.68. The molecule has 0 radical (unpaired) electrons. The number of carbonyl (C=O) groups excluding carboxylic acids is 1. The Morgan fingerprint density at radius 3 is 2.54 bits per heavy atom. The molecule has 1 amide bonds. The summed E-state index contributed by atoms with van der Waals surface area (Å²) in [7, 11) is 0. The van der Waals surface area contributed by atoms with Crippen molar-refractivity contribution in [2.75, 3.05) is 25.4 Å². The van der Waals surface area contributed by atoms with Gasteiger partial charge in [-0.05, 0) is 57.2 Å². The fraction of sp³-hybridized carbons (Fsp3) is 0.750. The van der Waals surface area contributed by atoms with E-state index in [9.17, 15) is 4.79 Å². The van der Waals surface area contributed by atoms with Gasteiger partial charge in [0.1, 0.15) is 5.69 Å². The van der Waals surface area contributed by atoms with Crippen LogP contribution in [0.5, 0.6) is 0 Å². The smallest absolute Gasteiger partial charge is 0.270 e. The van der Waals surface area contributed by atoms with Crippen molar-refractivity contribution in [1.29, 1.82) is 0 Å². The Hall–Kier alpha value is -1.69. The van der Waals surface area contributed by atoms with Crippen molar-refractivity contribution in [1.82, 2.24) is 20.2 Å². The van der Waals surface area contributed by atoms with E-state index in [1.54, 1.807) is 6.07 Å². The van der Waals surface area contributed by atoms with Gasteiger partial charge in [-0.3, -0.25) is 9.69 Å². The third-order valence-corrected chi connectivity index (χ3v) is 5.79. The van der Waals surface area contributed by atoms with Crippen LogP contribution in [0.3, 0.4) is 0 Å². The zero-order valence-electron chi connectivity index (χ0n) is 16.3. The van der Waals surface area contributed by atoms with Gasteiger partial charge in [0.2, 0.25) is 5.95 Å². The molecule has 3 N–H and O–H groups in total. The Morgan fingerprint density at radius 1 is 1.19 bits per heavy atom. The molecule has 1 saturated carbocycles. The highest BCUT2D eigenvalue weighted by molar-refractivity contribution is 5.92. The first-order valence-corrected chi connectivity index (χ1v) is 10.2. The van der Waals surface area contributed by atoms with Crippen molar-refractivity contribution in [2.45, 2.75) is 70.8 Å². The maximum atomic E-state index is 12.7. The maximum absolute atomic E-state index is 12.7. The van der Waals surface area contributed by atoms with Crippen LogP contribution in [0.15, 0.2) is 6.07 Å². The molecule has 2 aliphatic rings. The van der Waals surface area contributed by atoms with E-state index in [1.165, 1.54) is 44.9 Å². The predicted molar refractivity (Wildman–Crippen MR) is 104 cm³/mol. The van der Waals surface area contributed by atoms with Crippen molar-refractivity contribution in [3.8, 4) is 0 Å². The Bertz CT molecular complexity index is 619. The maximum Gasteiger partial charge on any atom is 0.270 e. The predicted octanol–water partition coefficient (Wildman–Crippen LogP) is 2.79. The van der Waals surface area contributed by atoms with Crippen molar-refractivity contribution in [3.05, 3.63) is 17.5 Å². The number of rotatable bonds is 6. The van der Waals surface area contributed by atoms with E-state index < -0.39 is 0 Å². The fourth-order valence-corrected chi connectivity index (χ4v) is 4.50. The van der Waals surface area contributed by atoms with Crippen molar-refractivity contribution in [2.24, 2.45) is 5.92 Å². The van der Waals surface area contributed by atoms with E-state index in [2.05, 4.69) is 34.0 Å². The summed E-state index contributed by atoms with van der Waals surface area (Å²) >= 11 is 0. The van der Waals surface area contributed by atoms with Crippen LogP contribution >= 0.6 is 0 Å². The molecular weight excluding hydrogens is 326 g/mol. The van der Waals surface area contributed by atoms with E-state index in [0.29, 0.717) is 18.2 Å². The quantitative estimate of drug-likeness (QED) is 0.816. The van der Waals surface area contributed by atoms with Gasteiger partial charge >= 0.3 is 0 Å². The van der Waals surface area contributed by atoms with Crippen LogP contribution in [-0.4, -0.2) is 45.9 Å². The molecule has 1 aromatic heterocycles. The molecule has 1 saturated heterocycles. The van der Waals surface area contributed by atoms with Crippen molar-refractivity contribution >= 4 is 11.9 Å². The molecule has 1 aromatic rings. The van der Waals surface area contributed by atoms with Crippen molar-refractivity contribution < 1.29 is 4.79 Å². The lowest BCUT2D eigenvalue weighted by Crippen LogP contribution is -2.55. The molecule has 6 nitrogen and oxygen atoms in total. The lowest BCUT2D eigenvalue weighted by Gasteiger charge is -2.43. The first-order valence-electron chi connectivity index (χ1n) is 10.2. The van der Waals surface area contributed by atoms with Crippen LogP contribution in [0.2, 0.25) is 0 Å². The largest absolute Gasteiger partial charge is 0.368 e. The highest BCUT2D eigenvalue weighted by Crippen LogP contribution is 2.36. The number of anilines is 1. The van der Waals surface area contributed by atoms with E-state index in [1.807, 2.05) is 0 Å². The molecule has 0 spiro atoms. The number of amides is 1. The van der Waals surface area contributed by atoms with Crippen LogP contribution in [0.1, 0.15) is 75.0 Å². The molecule has 144 valence electrons. The van der Waals surface area contributed by atoms with E-state index in [4.69, 9.17) is 5.73 Å². The number of nitrogens with zero attached hydrogens (tertiary/aromatic N) is 3. The molecule has 3 rings (SSSR count). The van der Waals surface area contributed by atoms with Crippen LogP contribution in [-0.2, 0) is 6.42 Å². The number of hydrogen-bond acceptors (Lipinski definition) is 5. The van der Waals surface area contributed by atoms with Gasteiger partial charge < -0.3 is 11.1 Å². The molecule has 26 heavy (non-hydrogen) atoms. The number of likely N-dealkylation sites (tertiary alicyclic amines) is 1. The van der Waals surface area contributed by atoms with Gasteiger partial charge in [0.15, 0.2) is 0 Å². The van der Waals surface area contributed by atoms with Crippen molar-refractivity contribution in [3.63, 3.8) is 0 Å². The molecule has 2 heterocycles. The summed E-state index contributed by atoms with van der Waals surface area (Å²) in [4.78, 5) is 23.8. The van der Waals surface area contributed by atoms with Crippen LogP contribution in [0.4, 0.5) is 5.95 Å². The molecule has 1 aliphatic heterocycles.